The van der Waals surface area contributed by atoms with E-state index in [0.29, 0.717) is 0 Å². The van der Waals surface area contributed by atoms with Gasteiger partial charge in [-0.1, -0.05) is 0 Å². The maximum absolute atomic E-state index is 3.47. The molecule has 0 spiro atoms. The third-order valence-electron chi connectivity index (χ3n) is 2.50. The number of hydrogen-bond donors (Lipinski definition) is 2. The van der Waals surface area contributed by atoms with E-state index in [1.807, 2.05) is 18.4 Å². The summed E-state index contributed by atoms with van der Waals surface area (Å²) >= 11 is 1.82. The Kier molecular flexibility index (Phi) is 4.11. The van der Waals surface area contributed by atoms with Crippen molar-refractivity contribution in [3.8, 4) is 0 Å². The lowest BCUT2D eigenvalue weighted by molar-refractivity contribution is 0.394. The number of thiophene rings is 1. The molecule has 0 bridgehead atoms. The fourth-order valence-corrected chi connectivity index (χ4v) is 2.04. The molecular formula is C11H20N2S. The first-order valence-corrected chi connectivity index (χ1v) is 5.86. The molecule has 0 radical (unpaired) electrons. The van der Waals surface area contributed by atoms with Gasteiger partial charge in [0.2, 0.25) is 0 Å². The molecule has 80 valence electrons. The molecular weight excluding hydrogens is 192 g/mol. The molecule has 0 amide bonds. The van der Waals surface area contributed by atoms with Crippen LogP contribution >= 0.6 is 11.3 Å². The van der Waals surface area contributed by atoms with E-state index in [2.05, 4.69) is 42.9 Å². The number of likely N-dealkylation sites (N-methyl/N-ethyl adjacent to an activating group) is 1. The zero-order valence-corrected chi connectivity index (χ0v) is 10.3. The van der Waals surface area contributed by atoms with Gasteiger partial charge in [0, 0.05) is 23.5 Å². The maximum atomic E-state index is 3.47. The highest BCUT2D eigenvalue weighted by Gasteiger charge is 2.13. The lowest BCUT2D eigenvalue weighted by atomic mass is 10.1. The quantitative estimate of drug-likeness (QED) is 0.781. The molecule has 2 nitrogen and oxygen atoms in total. The van der Waals surface area contributed by atoms with Crippen LogP contribution in [0.1, 0.15) is 24.3 Å². The van der Waals surface area contributed by atoms with E-state index in [1.165, 1.54) is 10.4 Å². The van der Waals surface area contributed by atoms with Crippen LogP contribution in [0.4, 0.5) is 0 Å². The van der Waals surface area contributed by atoms with Gasteiger partial charge in [-0.15, -0.1) is 11.3 Å². The largest absolute Gasteiger partial charge is 0.314 e. The van der Waals surface area contributed by atoms with E-state index in [1.54, 1.807) is 0 Å². The smallest absolute Gasteiger partial charge is 0.0303 e. The Morgan fingerprint density at radius 1 is 1.43 bits per heavy atom. The van der Waals surface area contributed by atoms with Crippen molar-refractivity contribution < 1.29 is 0 Å². The van der Waals surface area contributed by atoms with Crippen molar-refractivity contribution >= 4 is 11.3 Å². The van der Waals surface area contributed by atoms with E-state index < -0.39 is 0 Å². The van der Waals surface area contributed by atoms with Gasteiger partial charge in [-0.05, 0) is 44.8 Å². The summed E-state index contributed by atoms with van der Waals surface area (Å²) in [5.74, 6) is 0. The monoisotopic (exact) mass is 212 g/mol. The third-order valence-corrected chi connectivity index (χ3v) is 3.52. The van der Waals surface area contributed by atoms with E-state index in [9.17, 15) is 0 Å². The maximum Gasteiger partial charge on any atom is 0.0303 e. The van der Waals surface area contributed by atoms with Gasteiger partial charge in [0.15, 0.2) is 0 Å². The molecule has 0 aliphatic heterocycles. The molecule has 0 saturated heterocycles. The Labute approximate surface area is 90.7 Å². The normalized spacial score (nSPS) is 12.0. The van der Waals surface area contributed by atoms with Crippen molar-refractivity contribution in [2.24, 2.45) is 0 Å². The summed E-state index contributed by atoms with van der Waals surface area (Å²) in [5.41, 5.74) is 1.57. The van der Waals surface area contributed by atoms with Gasteiger partial charge in [0.25, 0.3) is 0 Å². The molecule has 1 rings (SSSR count). The predicted molar refractivity (Wildman–Crippen MR) is 63.9 cm³/mol. The molecule has 0 saturated carbocycles. The van der Waals surface area contributed by atoms with Crippen LogP contribution in [-0.2, 0) is 6.54 Å². The Balaban J connectivity index is 2.32. The highest BCUT2D eigenvalue weighted by Crippen LogP contribution is 2.14. The fraction of sp³-hybridized carbons (Fsp3) is 0.636. The van der Waals surface area contributed by atoms with Crippen LogP contribution in [0.25, 0.3) is 0 Å². The highest BCUT2D eigenvalue weighted by molar-refractivity contribution is 7.10. The number of aryl methyl sites for hydroxylation is 1. The van der Waals surface area contributed by atoms with Gasteiger partial charge < -0.3 is 10.6 Å². The van der Waals surface area contributed by atoms with Crippen molar-refractivity contribution in [1.82, 2.24) is 10.6 Å². The Hall–Kier alpha value is -0.380. The molecule has 1 aromatic rings. The molecule has 0 atom stereocenters. The van der Waals surface area contributed by atoms with Crippen molar-refractivity contribution in [1.29, 1.82) is 0 Å². The van der Waals surface area contributed by atoms with Crippen LogP contribution in [0.2, 0.25) is 0 Å². The highest BCUT2D eigenvalue weighted by atomic mass is 32.1. The molecule has 3 heteroatoms. The van der Waals surface area contributed by atoms with E-state index >= 15 is 0 Å². The van der Waals surface area contributed by atoms with Crippen LogP contribution in [0.5, 0.6) is 0 Å². The summed E-state index contributed by atoms with van der Waals surface area (Å²) in [5, 5.41) is 8.89. The minimum atomic E-state index is 0.172. The lowest BCUT2D eigenvalue weighted by Gasteiger charge is -2.24. The summed E-state index contributed by atoms with van der Waals surface area (Å²) in [7, 11) is 2.00. The van der Waals surface area contributed by atoms with Gasteiger partial charge in [-0.25, -0.2) is 0 Å². The average molecular weight is 212 g/mol. The minimum Gasteiger partial charge on any atom is -0.314 e. The minimum absolute atomic E-state index is 0.172. The van der Waals surface area contributed by atoms with Crippen molar-refractivity contribution in [3.05, 3.63) is 21.9 Å². The SMILES string of the molecule is CNC(C)(C)CNCc1sccc1C. The van der Waals surface area contributed by atoms with Crippen molar-refractivity contribution in [2.75, 3.05) is 13.6 Å². The zero-order chi connectivity index (χ0) is 10.6. The number of rotatable bonds is 5. The van der Waals surface area contributed by atoms with Crippen molar-refractivity contribution in [2.45, 2.75) is 32.9 Å². The zero-order valence-electron chi connectivity index (χ0n) is 9.48. The summed E-state index contributed by atoms with van der Waals surface area (Å²) in [4.78, 5) is 1.44. The molecule has 1 aromatic heterocycles. The van der Waals surface area contributed by atoms with Crippen LogP contribution in [0.3, 0.4) is 0 Å². The molecule has 0 aliphatic rings. The van der Waals surface area contributed by atoms with Gasteiger partial charge in [-0.3, -0.25) is 0 Å². The van der Waals surface area contributed by atoms with Crippen molar-refractivity contribution in [3.63, 3.8) is 0 Å². The number of hydrogen-bond acceptors (Lipinski definition) is 3. The molecule has 0 aromatic carbocycles. The average Bonchev–Trinajstić information content (AvgIpc) is 2.52. The second-order valence-electron chi connectivity index (χ2n) is 4.26. The first-order chi connectivity index (χ1) is 6.55. The molecule has 0 unspecified atom stereocenters. The Morgan fingerprint density at radius 3 is 2.64 bits per heavy atom. The summed E-state index contributed by atoms with van der Waals surface area (Å²) in [6.45, 7) is 8.52. The second kappa shape index (κ2) is 4.91. The van der Waals surface area contributed by atoms with Gasteiger partial charge in [0.1, 0.15) is 0 Å². The van der Waals surface area contributed by atoms with E-state index in [-0.39, 0.29) is 5.54 Å². The first kappa shape index (κ1) is 11.7. The van der Waals surface area contributed by atoms with E-state index in [0.717, 1.165) is 13.1 Å². The third kappa shape index (κ3) is 3.40. The van der Waals surface area contributed by atoms with Crippen LogP contribution in [-0.4, -0.2) is 19.1 Å². The summed E-state index contributed by atoms with van der Waals surface area (Å²) in [6, 6.07) is 2.17. The topological polar surface area (TPSA) is 24.1 Å². The van der Waals surface area contributed by atoms with Gasteiger partial charge in [-0.2, -0.15) is 0 Å². The van der Waals surface area contributed by atoms with Gasteiger partial charge >= 0.3 is 0 Å². The molecule has 0 aliphatic carbocycles. The molecule has 1 heterocycles. The van der Waals surface area contributed by atoms with Crippen LogP contribution in [0.15, 0.2) is 11.4 Å². The standard InChI is InChI=1S/C11H20N2S/c1-9-5-6-14-10(9)7-13-8-11(2,3)12-4/h5-6,12-13H,7-8H2,1-4H3. The molecule has 0 fully saturated rings. The second-order valence-corrected chi connectivity index (χ2v) is 5.26. The Bertz CT molecular complexity index is 279. The number of nitrogens with one attached hydrogen (secondary N) is 2. The van der Waals surface area contributed by atoms with Crippen LogP contribution < -0.4 is 10.6 Å². The van der Waals surface area contributed by atoms with Crippen LogP contribution in [0, 0.1) is 6.92 Å². The van der Waals surface area contributed by atoms with Gasteiger partial charge in [0.05, 0.1) is 0 Å². The molecule has 14 heavy (non-hydrogen) atoms. The predicted octanol–water partition coefficient (Wildman–Crippen LogP) is 2.14. The lowest BCUT2D eigenvalue weighted by Crippen LogP contribution is -2.45. The summed E-state index contributed by atoms with van der Waals surface area (Å²) < 4.78 is 0. The van der Waals surface area contributed by atoms with E-state index in [4.69, 9.17) is 0 Å². The molecule has 2 N–H and O–H groups in total. The summed E-state index contributed by atoms with van der Waals surface area (Å²) in [6.07, 6.45) is 0. The Morgan fingerprint density at radius 2 is 2.14 bits per heavy atom. The first-order valence-electron chi connectivity index (χ1n) is 4.98. The fourth-order valence-electron chi connectivity index (χ4n) is 1.16.